The van der Waals surface area contributed by atoms with Crippen LogP contribution in [0.5, 0.6) is 5.75 Å². The van der Waals surface area contributed by atoms with Crippen molar-refractivity contribution < 1.29 is 19.7 Å². The minimum absolute atomic E-state index is 0.173. The number of aliphatic hydroxyl groups excluding tert-OH is 1. The number of nitrogens with zero attached hydrogens (tertiary/aromatic N) is 2. The molecule has 6 heteroatoms. The van der Waals surface area contributed by atoms with Crippen LogP contribution in [0.1, 0.15) is 30.6 Å². The number of hydrogen-bond acceptors (Lipinski definition) is 5. The molecule has 1 aliphatic rings. The number of benzene rings is 2. The van der Waals surface area contributed by atoms with Crippen molar-refractivity contribution in [3.63, 3.8) is 0 Å². The fraction of sp³-hybridized carbons (Fsp3) is 0.263. The van der Waals surface area contributed by atoms with Gasteiger partial charge >= 0.3 is 0 Å². The van der Waals surface area contributed by atoms with Crippen LogP contribution < -0.4 is 4.74 Å². The van der Waals surface area contributed by atoms with E-state index in [1.807, 2.05) is 0 Å². The largest absolute Gasteiger partial charge is 0.497 e. The van der Waals surface area contributed by atoms with E-state index >= 15 is 0 Å². The Hall–Kier alpha value is -2.70. The number of aliphatic hydroxyl groups is 2. The van der Waals surface area contributed by atoms with Crippen molar-refractivity contribution in [3.05, 3.63) is 65.7 Å². The van der Waals surface area contributed by atoms with Gasteiger partial charge in [0, 0.05) is 17.7 Å². The first-order valence-corrected chi connectivity index (χ1v) is 7.94. The first kappa shape index (κ1) is 17.1. The first-order valence-electron chi connectivity index (χ1n) is 7.94. The van der Waals surface area contributed by atoms with Gasteiger partial charge in [-0.25, -0.2) is 0 Å². The molecular formula is C19H20N2O4. The number of carbonyl (C=O) groups is 1. The van der Waals surface area contributed by atoms with Crippen molar-refractivity contribution in [2.45, 2.75) is 25.2 Å². The van der Waals surface area contributed by atoms with Crippen LogP contribution in [0, 0.1) is 0 Å². The van der Waals surface area contributed by atoms with Crippen LogP contribution in [0.2, 0.25) is 0 Å². The van der Waals surface area contributed by atoms with Gasteiger partial charge in [0.1, 0.15) is 5.75 Å². The molecule has 130 valence electrons. The molecule has 1 heterocycles. The zero-order valence-corrected chi connectivity index (χ0v) is 14.1. The summed E-state index contributed by atoms with van der Waals surface area (Å²) in [7, 11) is 1.55. The zero-order valence-electron chi connectivity index (χ0n) is 14.1. The fourth-order valence-corrected chi connectivity index (χ4v) is 2.93. The summed E-state index contributed by atoms with van der Waals surface area (Å²) in [5.74, 6) is -0.0356. The molecule has 0 aromatic heterocycles. The highest BCUT2D eigenvalue weighted by Gasteiger charge is 2.46. The summed E-state index contributed by atoms with van der Waals surface area (Å²) >= 11 is 0. The second-order valence-corrected chi connectivity index (χ2v) is 6.02. The Morgan fingerprint density at radius 2 is 1.84 bits per heavy atom. The molecule has 2 aromatic carbocycles. The summed E-state index contributed by atoms with van der Waals surface area (Å²) in [6.45, 7) is 1.73. The third-order valence-electron chi connectivity index (χ3n) is 4.23. The lowest BCUT2D eigenvalue weighted by Gasteiger charge is -2.32. The number of carbonyl (C=O) groups excluding carboxylic acids is 1. The molecule has 3 rings (SSSR count). The topological polar surface area (TPSA) is 82.4 Å². The molecular weight excluding hydrogens is 320 g/mol. The summed E-state index contributed by atoms with van der Waals surface area (Å²) in [6.07, 6.45) is -1.23. The number of hydrogen-bond donors (Lipinski definition) is 2. The van der Waals surface area contributed by atoms with E-state index in [2.05, 4.69) is 5.10 Å². The van der Waals surface area contributed by atoms with E-state index in [1.54, 1.807) is 68.6 Å². The predicted octanol–water partition coefficient (Wildman–Crippen LogP) is 2.18. The van der Waals surface area contributed by atoms with Gasteiger partial charge in [-0.1, -0.05) is 42.5 Å². The molecule has 0 bridgehead atoms. The SMILES string of the molecule is COc1ccc([C@@]2(O)CC(C)=NN2C(=O)[C@H](O)c2ccccc2)cc1. The smallest absolute Gasteiger partial charge is 0.279 e. The van der Waals surface area contributed by atoms with Crippen molar-refractivity contribution in [2.75, 3.05) is 7.11 Å². The van der Waals surface area contributed by atoms with Crippen molar-refractivity contribution in [2.24, 2.45) is 5.10 Å². The van der Waals surface area contributed by atoms with Crippen molar-refractivity contribution in [1.29, 1.82) is 0 Å². The van der Waals surface area contributed by atoms with Crippen LogP contribution in [-0.4, -0.2) is 34.0 Å². The highest BCUT2D eigenvalue weighted by Crippen LogP contribution is 2.37. The predicted molar refractivity (Wildman–Crippen MR) is 92.9 cm³/mol. The Morgan fingerprint density at radius 3 is 2.44 bits per heavy atom. The van der Waals surface area contributed by atoms with Gasteiger partial charge in [-0.2, -0.15) is 10.1 Å². The summed E-state index contributed by atoms with van der Waals surface area (Å²) in [5, 5.41) is 26.7. The zero-order chi connectivity index (χ0) is 18.0. The Labute approximate surface area is 146 Å². The quantitative estimate of drug-likeness (QED) is 0.894. The van der Waals surface area contributed by atoms with Crippen molar-refractivity contribution >= 4 is 11.6 Å². The van der Waals surface area contributed by atoms with Gasteiger partial charge in [-0.15, -0.1) is 0 Å². The average Bonchev–Trinajstić information content (AvgIpc) is 2.96. The van der Waals surface area contributed by atoms with Gasteiger partial charge in [-0.05, 0) is 24.6 Å². The van der Waals surface area contributed by atoms with Crippen LogP contribution in [0.4, 0.5) is 0 Å². The molecule has 0 fully saturated rings. The lowest BCUT2D eigenvalue weighted by atomic mass is 9.96. The Morgan fingerprint density at radius 1 is 1.20 bits per heavy atom. The number of amides is 1. The number of methoxy groups -OCH3 is 1. The molecule has 2 N–H and O–H groups in total. The second-order valence-electron chi connectivity index (χ2n) is 6.02. The third kappa shape index (κ3) is 3.14. The molecule has 1 aliphatic heterocycles. The van der Waals surface area contributed by atoms with Gasteiger partial charge in [-0.3, -0.25) is 4.79 Å². The molecule has 0 radical (unpaired) electrons. The lowest BCUT2D eigenvalue weighted by Crippen LogP contribution is -2.45. The van der Waals surface area contributed by atoms with Gasteiger partial charge in [0.25, 0.3) is 5.91 Å². The molecule has 0 saturated carbocycles. The summed E-state index contributed by atoms with van der Waals surface area (Å²) < 4.78 is 5.13. The van der Waals surface area contributed by atoms with E-state index in [-0.39, 0.29) is 6.42 Å². The van der Waals surface area contributed by atoms with E-state index in [0.29, 0.717) is 22.6 Å². The average molecular weight is 340 g/mol. The van der Waals surface area contributed by atoms with Crippen LogP contribution in [0.3, 0.4) is 0 Å². The molecule has 2 aromatic rings. The highest BCUT2D eigenvalue weighted by atomic mass is 16.5. The monoisotopic (exact) mass is 340 g/mol. The maximum absolute atomic E-state index is 12.8. The van der Waals surface area contributed by atoms with Crippen molar-refractivity contribution in [1.82, 2.24) is 5.01 Å². The molecule has 6 nitrogen and oxygen atoms in total. The Kier molecular flexibility index (Phi) is 4.57. The Bertz CT molecular complexity index is 789. The molecule has 25 heavy (non-hydrogen) atoms. The summed E-state index contributed by atoms with van der Waals surface area (Å²) in [6, 6.07) is 15.4. The second kappa shape index (κ2) is 6.66. The maximum Gasteiger partial charge on any atom is 0.279 e. The number of ether oxygens (including phenoxy) is 1. The molecule has 0 saturated heterocycles. The number of rotatable bonds is 4. The van der Waals surface area contributed by atoms with E-state index in [0.717, 1.165) is 5.01 Å². The standard InChI is InChI=1S/C19H20N2O4/c1-13-12-19(24,15-8-10-16(25-2)11-9-15)21(20-13)18(23)17(22)14-6-4-3-5-7-14/h3-11,17,22,24H,12H2,1-2H3/t17-,19+/m1/s1. The summed E-state index contributed by atoms with van der Waals surface area (Å²) in [5.41, 5.74) is -0.0813. The molecule has 1 amide bonds. The van der Waals surface area contributed by atoms with Crippen LogP contribution in [0.25, 0.3) is 0 Å². The van der Waals surface area contributed by atoms with E-state index in [9.17, 15) is 15.0 Å². The summed E-state index contributed by atoms with van der Waals surface area (Å²) in [4.78, 5) is 12.8. The minimum atomic E-state index is -1.64. The minimum Gasteiger partial charge on any atom is -0.497 e. The first-order chi connectivity index (χ1) is 12.0. The van der Waals surface area contributed by atoms with Gasteiger partial charge in [0.05, 0.1) is 7.11 Å². The maximum atomic E-state index is 12.8. The van der Waals surface area contributed by atoms with Gasteiger partial charge < -0.3 is 14.9 Å². The fourth-order valence-electron chi connectivity index (χ4n) is 2.93. The molecule has 2 atom stereocenters. The normalized spacial score (nSPS) is 21.0. The van der Waals surface area contributed by atoms with Gasteiger partial charge in [0.15, 0.2) is 11.8 Å². The van der Waals surface area contributed by atoms with Crippen LogP contribution in [0.15, 0.2) is 59.7 Å². The van der Waals surface area contributed by atoms with E-state index < -0.39 is 17.7 Å². The van der Waals surface area contributed by atoms with E-state index in [4.69, 9.17) is 4.74 Å². The molecule has 0 aliphatic carbocycles. The van der Waals surface area contributed by atoms with E-state index in [1.165, 1.54) is 0 Å². The molecule has 0 spiro atoms. The third-order valence-corrected chi connectivity index (χ3v) is 4.23. The van der Waals surface area contributed by atoms with Gasteiger partial charge in [0.2, 0.25) is 0 Å². The lowest BCUT2D eigenvalue weighted by molar-refractivity contribution is -0.167. The number of hydrazone groups is 1. The van der Waals surface area contributed by atoms with Crippen molar-refractivity contribution in [3.8, 4) is 5.75 Å². The molecule has 0 unspecified atom stereocenters. The Balaban J connectivity index is 1.93. The highest BCUT2D eigenvalue weighted by molar-refractivity contribution is 5.91. The van der Waals surface area contributed by atoms with Crippen LogP contribution >= 0.6 is 0 Å². The van der Waals surface area contributed by atoms with Crippen LogP contribution in [-0.2, 0) is 10.5 Å².